The van der Waals surface area contributed by atoms with Gasteiger partial charge in [-0.25, -0.2) is 0 Å². The van der Waals surface area contributed by atoms with Crippen molar-refractivity contribution in [2.45, 2.75) is 27.2 Å². The number of hydrogen-bond donors (Lipinski definition) is 1. The van der Waals surface area contributed by atoms with E-state index < -0.39 is 5.41 Å². The third-order valence-electron chi connectivity index (χ3n) is 4.45. The van der Waals surface area contributed by atoms with Crippen LogP contribution in [0.25, 0.3) is 0 Å². The van der Waals surface area contributed by atoms with Gasteiger partial charge in [0.15, 0.2) is 0 Å². The summed E-state index contributed by atoms with van der Waals surface area (Å²) < 4.78 is 5.72. The Balaban J connectivity index is 1.60. The Labute approximate surface area is 156 Å². The number of hydrogen-bond acceptors (Lipinski definition) is 4. The molecule has 1 aliphatic heterocycles. The number of ether oxygens (including phenoxy) is 1. The highest BCUT2D eigenvalue weighted by Crippen LogP contribution is 2.12. The lowest BCUT2D eigenvalue weighted by atomic mass is 9.96. The normalized spacial score (nSPS) is 15.6. The molecule has 1 heterocycles. The largest absolute Gasteiger partial charge is 0.492 e. The lowest BCUT2D eigenvalue weighted by Crippen LogP contribution is -2.50. The molecule has 0 saturated carbocycles. The van der Waals surface area contributed by atoms with Gasteiger partial charge in [0.1, 0.15) is 12.4 Å². The van der Waals surface area contributed by atoms with Gasteiger partial charge in [0, 0.05) is 51.1 Å². The molecule has 2 rings (SSSR count). The maximum absolute atomic E-state index is 12.3. The quantitative estimate of drug-likeness (QED) is 0.804. The Bertz CT molecular complexity index is 576. The molecule has 1 fully saturated rings. The Kier molecular flexibility index (Phi) is 7.45. The second-order valence-corrected chi connectivity index (χ2v) is 7.64. The first kappa shape index (κ1) is 20.2. The SMILES string of the molecule is CC(C)(C)C(=O)NCCC(=O)N1CCN(CCOc2ccccc2)CC1. The molecule has 0 aromatic heterocycles. The van der Waals surface area contributed by atoms with Gasteiger partial charge in [0.05, 0.1) is 0 Å². The smallest absolute Gasteiger partial charge is 0.225 e. The zero-order valence-corrected chi connectivity index (χ0v) is 16.2. The van der Waals surface area contributed by atoms with Crippen LogP contribution in [0.2, 0.25) is 0 Å². The number of benzene rings is 1. The van der Waals surface area contributed by atoms with Gasteiger partial charge >= 0.3 is 0 Å². The summed E-state index contributed by atoms with van der Waals surface area (Å²) in [5, 5.41) is 2.83. The van der Waals surface area contributed by atoms with E-state index in [0.717, 1.165) is 38.5 Å². The maximum Gasteiger partial charge on any atom is 0.225 e. The molecule has 2 amide bonds. The van der Waals surface area contributed by atoms with Crippen LogP contribution in [0, 0.1) is 5.41 Å². The molecular weight excluding hydrogens is 330 g/mol. The second-order valence-electron chi connectivity index (χ2n) is 7.64. The molecule has 6 heteroatoms. The monoisotopic (exact) mass is 361 g/mol. The summed E-state index contributed by atoms with van der Waals surface area (Å²) in [6.07, 6.45) is 0.360. The first-order valence-corrected chi connectivity index (χ1v) is 9.32. The molecule has 0 radical (unpaired) electrons. The van der Waals surface area contributed by atoms with E-state index in [2.05, 4.69) is 10.2 Å². The van der Waals surface area contributed by atoms with Crippen molar-refractivity contribution in [2.24, 2.45) is 5.41 Å². The van der Waals surface area contributed by atoms with E-state index in [4.69, 9.17) is 4.74 Å². The fourth-order valence-corrected chi connectivity index (χ4v) is 2.74. The van der Waals surface area contributed by atoms with Gasteiger partial charge in [0.25, 0.3) is 0 Å². The zero-order valence-electron chi connectivity index (χ0n) is 16.2. The van der Waals surface area contributed by atoms with Crippen LogP contribution in [0.1, 0.15) is 27.2 Å². The van der Waals surface area contributed by atoms with Crippen molar-refractivity contribution < 1.29 is 14.3 Å². The molecule has 0 atom stereocenters. The minimum absolute atomic E-state index is 0.0199. The lowest BCUT2D eigenvalue weighted by Gasteiger charge is -2.34. The maximum atomic E-state index is 12.3. The Morgan fingerprint density at radius 3 is 2.35 bits per heavy atom. The molecule has 0 spiro atoms. The minimum atomic E-state index is -0.420. The summed E-state index contributed by atoms with van der Waals surface area (Å²) in [5.74, 6) is 0.978. The molecular formula is C20H31N3O3. The minimum Gasteiger partial charge on any atom is -0.492 e. The highest BCUT2D eigenvalue weighted by molar-refractivity contribution is 5.82. The number of carbonyl (C=O) groups excluding carboxylic acids is 2. The van der Waals surface area contributed by atoms with E-state index in [1.165, 1.54) is 0 Å². The topological polar surface area (TPSA) is 61.9 Å². The van der Waals surface area contributed by atoms with E-state index >= 15 is 0 Å². The average molecular weight is 361 g/mol. The van der Waals surface area contributed by atoms with Crippen LogP contribution in [0.15, 0.2) is 30.3 Å². The first-order valence-electron chi connectivity index (χ1n) is 9.32. The van der Waals surface area contributed by atoms with Crippen molar-refractivity contribution in [1.82, 2.24) is 15.1 Å². The number of piperazine rings is 1. The third kappa shape index (κ3) is 6.67. The molecule has 6 nitrogen and oxygen atoms in total. The van der Waals surface area contributed by atoms with Gasteiger partial charge in [-0.2, -0.15) is 0 Å². The molecule has 1 aromatic rings. The number of carbonyl (C=O) groups is 2. The van der Waals surface area contributed by atoms with Crippen molar-refractivity contribution >= 4 is 11.8 Å². The summed E-state index contributed by atoms with van der Waals surface area (Å²) in [5.41, 5.74) is -0.420. The zero-order chi connectivity index (χ0) is 19.0. The number of amides is 2. The van der Waals surface area contributed by atoms with Gasteiger partial charge in [-0.05, 0) is 12.1 Å². The first-order chi connectivity index (χ1) is 12.4. The molecule has 1 aromatic carbocycles. The van der Waals surface area contributed by atoms with Crippen LogP contribution in [0.4, 0.5) is 0 Å². The summed E-state index contributed by atoms with van der Waals surface area (Å²) in [4.78, 5) is 28.3. The number of rotatable bonds is 7. The predicted molar refractivity (Wildman–Crippen MR) is 102 cm³/mol. The van der Waals surface area contributed by atoms with Gasteiger partial charge in [-0.15, -0.1) is 0 Å². The number of nitrogens with zero attached hydrogens (tertiary/aromatic N) is 2. The predicted octanol–water partition coefficient (Wildman–Crippen LogP) is 1.76. The van der Waals surface area contributed by atoms with E-state index in [1.54, 1.807) is 0 Å². The molecule has 1 saturated heterocycles. The second kappa shape index (κ2) is 9.57. The van der Waals surface area contributed by atoms with Crippen LogP contribution in [-0.2, 0) is 9.59 Å². The van der Waals surface area contributed by atoms with Crippen molar-refractivity contribution in [1.29, 1.82) is 0 Å². The van der Waals surface area contributed by atoms with Crippen molar-refractivity contribution in [3.63, 3.8) is 0 Å². The molecule has 144 valence electrons. The molecule has 1 N–H and O–H groups in total. The average Bonchev–Trinajstić information content (AvgIpc) is 2.62. The molecule has 0 unspecified atom stereocenters. The Morgan fingerprint density at radius 1 is 1.08 bits per heavy atom. The number of para-hydroxylation sites is 1. The molecule has 1 aliphatic rings. The van der Waals surface area contributed by atoms with Gasteiger partial charge < -0.3 is 15.0 Å². The summed E-state index contributed by atoms with van der Waals surface area (Å²) in [6, 6.07) is 9.80. The Morgan fingerprint density at radius 2 is 1.73 bits per heavy atom. The number of nitrogens with one attached hydrogen (secondary N) is 1. The van der Waals surface area contributed by atoms with Gasteiger partial charge in [-0.1, -0.05) is 39.0 Å². The van der Waals surface area contributed by atoms with Crippen LogP contribution >= 0.6 is 0 Å². The standard InChI is InChI=1S/C20H31N3O3/c1-20(2,3)19(25)21-10-9-18(24)23-13-11-22(12-14-23)15-16-26-17-7-5-4-6-8-17/h4-8H,9-16H2,1-3H3,(H,21,25). The molecule has 0 aliphatic carbocycles. The lowest BCUT2D eigenvalue weighted by molar-refractivity contribution is -0.133. The van der Waals surface area contributed by atoms with Crippen molar-refractivity contribution in [2.75, 3.05) is 45.9 Å². The van der Waals surface area contributed by atoms with E-state index in [9.17, 15) is 9.59 Å². The van der Waals surface area contributed by atoms with Crippen molar-refractivity contribution in [3.8, 4) is 5.75 Å². The van der Waals surface area contributed by atoms with Crippen LogP contribution in [0.3, 0.4) is 0 Å². The summed E-state index contributed by atoms with van der Waals surface area (Å²) in [6.45, 7) is 10.7. The Hall–Kier alpha value is -2.08. The van der Waals surface area contributed by atoms with Gasteiger partial charge in [0.2, 0.25) is 11.8 Å². The summed E-state index contributed by atoms with van der Waals surface area (Å²) in [7, 11) is 0. The van der Waals surface area contributed by atoms with Gasteiger partial charge in [-0.3, -0.25) is 14.5 Å². The van der Waals surface area contributed by atoms with E-state index in [-0.39, 0.29) is 11.8 Å². The fraction of sp³-hybridized carbons (Fsp3) is 0.600. The molecule has 26 heavy (non-hydrogen) atoms. The van der Waals surface area contributed by atoms with E-state index in [0.29, 0.717) is 19.6 Å². The highest BCUT2D eigenvalue weighted by Gasteiger charge is 2.23. The van der Waals surface area contributed by atoms with Crippen LogP contribution < -0.4 is 10.1 Å². The third-order valence-corrected chi connectivity index (χ3v) is 4.45. The van der Waals surface area contributed by atoms with Crippen molar-refractivity contribution in [3.05, 3.63) is 30.3 Å². The fourth-order valence-electron chi connectivity index (χ4n) is 2.74. The van der Waals surface area contributed by atoms with E-state index in [1.807, 2.05) is 56.0 Å². The van der Waals surface area contributed by atoms with Crippen LogP contribution in [0.5, 0.6) is 5.75 Å². The van der Waals surface area contributed by atoms with Crippen LogP contribution in [-0.4, -0.2) is 67.5 Å². The summed E-state index contributed by atoms with van der Waals surface area (Å²) >= 11 is 0. The highest BCUT2D eigenvalue weighted by atomic mass is 16.5. The molecule has 0 bridgehead atoms.